The summed E-state index contributed by atoms with van der Waals surface area (Å²) in [6, 6.07) is 9.55. The van der Waals surface area contributed by atoms with Crippen molar-refractivity contribution in [3.05, 3.63) is 60.3 Å². The van der Waals surface area contributed by atoms with E-state index in [9.17, 15) is 31.2 Å². The van der Waals surface area contributed by atoms with E-state index in [2.05, 4.69) is 4.98 Å². The van der Waals surface area contributed by atoms with Crippen LogP contribution in [0, 0.1) is 0 Å². The van der Waals surface area contributed by atoms with Crippen molar-refractivity contribution in [3.8, 4) is 0 Å². The third-order valence-corrected chi connectivity index (χ3v) is 6.47. The third-order valence-electron chi connectivity index (χ3n) is 4.97. The maximum absolute atomic E-state index is 12.8. The molecule has 0 atom stereocenters. The summed E-state index contributed by atoms with van der Waals surface area (Å²) in [5.74, 6) is -0.593. The Morgan fingerprint density at radius 1 is 1.03 bits per heavy atom. The third kappa shape index (κ3) is 3.62. The highest BCUT2D eigenvalue weighted by molar-refractivity contribution is 7.92. The quantitative estimate of drug-likeness (QED) is 0.469. The highest BCUT2D eigenvalue weighted by Crippen LogP contribution is 2.32. The zero-order chi connectivity index (χ0) is 23.3. The first-order chi connectivity index (χ1) is 15.0. The number of halogens is 3. The Bertz CT molecular complexity index is 1340. The molecule has 0 radical (unpaired) electrons. The number of pyridine rings is 1. The number of benzene rings is 2. The van der Waals surface area contributed by atoms with Crippen molar-refractivity contribution in [1.82, 2.24) is 9.88 Å². The van der Waals surface area contributed by atoms with Gasteiger partial charge < -0.3 is 10.6 Å². The van der Waals surface area contributed by atoms with Crippen LogP contribution in [0.25, 0.3) is 10.9 Å². The fraction of sp³-hybridized carbons (Fsp3) is 0.150. The van der Waals surface area contributed by atoms with Gasteiger partial charge in [-0.15, -0.1) is 0 Å². The molecule has 0 saturated carbocycles. The molecule has 1 aromatic heterocycles. The van der Waals surface area contributed by atoms with E-state index >= 15 is 0 Å². The van der Waals surface area contributed by atoms with Crippen molar-refractivity contribution in [2.24, 2.45) is 0 Å². The highest BCUT2D eigenvalue weighted by atomic mass is 32.2. The second-order valence-corrected chi connectivity index (χ2v) is 9.00. The van der Waals surface area contributed by atoms with Gasteiger partial charge in [0.25, 0.3) is 15.7 Å². The fourth-order valence-electron chi connectivity index (χ4n) is 3.40. The number of hydrogen-bond acceptors (Lipinski definition) is 6. The van der Waals surface area contributed by atoms with Crippen molar-refractivity contribution in [3.63, 3.8) is 0 Å². The van der Waals surface area contributed by atoms with Gasteiger partial charge in [0.05, 0.1) is 16.1 Å². The normalized spacial score (nSPS) is 15.1. The lowest BCUT2D eigenvalue weighted by Crippen LogP contribution is -2.33. The predicted octanol–water partition coefficient (Wildman–Crippen LogP) is 3.08. The van der Waals surface area contributed by atoms with E-state index < -0.39 is 32.2 Å². The molecule has 1 aliphatic heterocycles. The Morgan fingerprint density at radius 2 is 1.72 bits per heavy atom. The van der Waals surface area contributed by atoms with Gasteiger partial charge in [-0.05, 0) is 48.0 Å². The van der Waals surface area contributed by atoms with Crippen LogP contribution in [-0.2, 0) is 21.2 Å². The minimum absolute atomic E-state index is 0.0315. The molecule has 2 N–H and O–H groups in total. The van der Waals surface area contributed by atoms with Crippen molar-refractivity contribution in [2.75, 3.05) is 17.2 Å². The topological polar surface area (TPSA) is 114 Å². The van der Waals surface area contributed by atoms with Crippen LogP contribution in [0.15, 0.2) is 59.6 Å². The molecule has 1 saturated heterocycles. The standard InChI is InChI=1S/C20H15F3N4O4S/c21-20(22,23)32(30,31)15-4-2-14(3-5-15)27-18(28)11-26(19(27)29)10-12-7-8-25-17-9-13(24)1-6-16(12)17/h1-9H,10-11,24H2. The van der Waals surface area contributed by atoms with Crippen molar-refractivity contribution in [1.29, 1.82) is 0 Å². The lowest BCUT2D eigenvalue weighted by atomic mass is 10.1. The SMILES string of the molecule is Nc1ccc2c(CN3CC(=O)N(c4ccc(S(=O)(=O)C(F)(F)F)cc4)C3=O)ccnc2c1. The summed E-state index contributed by atoms with van der Waals surface area (Å²) < 4.78 is 61.1. The number of sulfone groups is 1. The molecule has 0 aliphatic carbocycles. The van der Waals surface area contributed by atoms with E-state index in [1.54, 1.807) is 30.5 Å². The molecule has 2 aromatic carbocycles. The number of rotatable bonds is 4. The number of imide groups is 1. The average Bonchev–Trinajstić information content (AvgIpc) is 3.00. The van der Waals surface area contributed by atoms with Crippen LogP contribution in [-0.4, -0.2) is 42.3 Å². The Hall–Kier alpha value is -3.67. The van der Waals surface area contributed by atoms with Crippen molar-refractivity contribution >= 4 is 44.1 Å². The minimum atomic E-state index is -5.53. The van der Waals surface area contributed by atoms with Gasteiger partial charge in [0, 0.05) is 23.8 Å². The van der Waals surface area contributed by atoms with Crippen LogP contribution in [0.4, 0.5) is 29.3 Å². The molecule has 32 heavy (non-hydrogen) atoms. The van der Waals surface area contributed by atoms with Crippen LogP contribution in [0.1, 0.15) is 5.56 Å². The molecule has 0 bridgehead atoms. The zero-order valence-electron chi connectivity index (χ0n) is 16.2. The molecule has 166 valence electrons. The second-order valence-electron chi connectivity index (χ2n) is 7.06. The Morgan fingerprint density at radius 3 is 2.38 bits per heavy atom. The fourth-order valence-corrected chi connectivity index (χ4v) is 4.17. The van der Waals surface area contributed by atoms with Crippen molar-refractivity contribution < 1.29 is 31.2 Å². The number of anilines is 2. The summed E-state index contributed by atoms with van der Waals surface area (Å²) in [4.78, 5) is 30.6. The molecule has 12 heteroatoms. The van der Waals surface area contributed by atoms with Gasteiger partial charge in [0.1, 0.15) is 6.54 Å². The first kappa shape index (κ1) is 21.6. The number of carbonyl (C=O) groups is 2. The first-order valence-corrected chi connectivity index (χ1v) is 10.6. The van der Waals surface area contributed by atoms with E-state index in [4.69, 9.17) is 5.73 Å². The zero-order valence-corrected chi connectivity index (χ0v) is 17.0. The van der Waals surface area contributed by atoms with Gasteiger partial charge in [0.15, 0.2) is 0 Å². The molecule has 0 spiro atoms. The Kier molecular flexibility index (Phi) is 5.04. The molecule has 2 heterocycles. The van der Waals surface area contributed by atoms with Crippen LogP contribution < -0.4 is 10.6 Å². The van der Waals surface area contributed by atoms with Gasteiger partial charge in [-0.1, -0.05) is 6.07 Å². The summed E-state index contributed by atoms with van der Waals surface area (Å²) >= 11 is 0. The summed E-state index contributed by atoms with van der Waals surface area (Å²) in [6.07, 6.45) is 1.55. The Balaban J connectivity index is 1.59. The molecule has 8 nitrogen and oxygen atoms in total. The van der Waals surface area contributed by atoms with E-state index in [1.807, 2.05) is 0 Å². The predicted molar refractivity (Wildman–Crippen MR) is 109 cm³/mol. The lowest BCUT2D eigenvalue weighted by Gasteiger charge is -2.18. The van der Waals surface area contributed by atoms with Gasteiger partial charge in [-0.3, -0.25) is 9.78 Å². The lowest BCUT2D eigenvalue weighted by molar-refractivity contribution is -0.116. The van der Waals surface area contributed by atoms with E-state index in [0.29, 0.717) is 23.3 Å². The summed E-state index contributed by atoms with van der Waals surface area (Å²) in [6.45, 7) is -0.162. The van der Waals surface area contributed by atoms with Crippen LogP contribution in [0.5, 0.6) is 0 Å². The number of carbonyl (C=O) groups excluding carboxylic acids is 2. The average molecular weight is 464 g/mol. The molecule has 3 amide bonds. The number of alkyl halides is 3. The molecule has 3 aromatic rings. The molecule has 1 fully saturated rings. The molecule has 0 unspecified atom stereocenters. The van der Waals surface area contributed by atoms with Crippen LogP contribution >= 0.6 is 0 Å². The van der Waals surface area contributed by atoms with E-state index in [-0.39, 0.29) is 18.8 Å². The van der Waals surface area contributed by atoms with Crippen LogP contribution in [0.2, 0.25) is 0 Å². The number of nitrogens with two attached hydrogens (primary N) is 1. The smallest absolute Gasteiger partial charge is 0.399 e. The highest BCUT2D eigenvalue weighted by Gasteiger charge is 2.47. The monoisotopic (exact) mass is 464 g/mol. The van der Waals surface area contributed by atoms with Gasteiger partial charge in [0.2, 0.25) is 0 Å². The van der Waals surface area contributed by atoms with Gasteiger partial charge in [-0.25, -0.2) is 18.1 Å². The molecular weight excluding hydrogens is 449 g/mol. The largest absolute Gasteiger partial charge is 0.501 e. The summed E-state index contributed by atoms with van der Waals surface area (Å²) in [5.41, 5.74) is 2.15. The van der Waals surface area contributed by atoms with Crippen LogP contribution in [0.3, 0.4) is 0 Å². The van der Waals surface area contributed by atoms with E-state index in [1.165, 1.54) is 4.90 Å². The molecule has 4 rings (SSSR count). The first-order valence-electron chi connectivity index (χ1n) is 9.15. The van der Waals surface area contributed by atoms with Gasteiger partial charge >= 0.3 is 11.5 Å². The Labute approximate surface area is 180 Å². The maximum atomic E-state index is 12.8. The molecular formula is C20H15F3N4O4S. The minimum Gasteiger partial charge on any atom is -0.399 e. The number of nitrogen functional groups attached to an aromatic ring is 1. The number of hydrogen-bond donors (Lipinski definition) is 1. The number of amides is 3. The summed E-state index contributed by atoms with van der Waals surface area (Å²) in [5, 5.41) is 0.752. The van der Waals surface area contributed by atoms with E-state index in [0.717, 1.165) is 28.0 Å². The van der Waals surface area contributed by atoms with Crippen molar-refractivity contribution in [2.45, 2.75) is 16.9 Å². The number of fused-ring (bicyclic) bond motifs is 1. The molecule has 1 aliphatic rings. The second kappa shape index (κ2) is 7.48. The maximum Gasteiger partial charge on any atom is 0.501 e. The number of nitrogens with zero attached hydrogens (tertiary/aromatic N) is 3. The number of urea groups is 1. The van der Waals surface area contributed by atoms with Gasteiger partial charge in [-0.2, -0.15) is 13.2 Å². The summed E-state index contributed by atoms with van der Waals surface area (Å²) in [7, 11) is -5.53. The number of aromatic nitrogens is 1.